The number of hydrogen-bond donors (Lipinski definition) is 2. The molecule has 1 aromatic rings. The standard InChI is InChI=1S/C13H18N2O2S2/c1-9-7-12(18-11(9)5-4-6-14)13(16)15-8-10(2)19(3)17/h7,10H,6,8,14H2,1-3H3,(H,15,16). The summed E-state index contributed by atoms with van der Waals surface area (Å²) in [5.74, 6) is 5.58. The molecule has 6 heteroatoms. The van der Waals surface area contributed by atoms with Gasteiger partial charge in [-0.2, -0.15) is 0 Å². The van der Waals surface area contributed by atoms with E-state index in [1.807, 2.05) is 19.9 Å². The van der Waals surface area contributed by atoms with E-state index in [-0.39, 0.29) is 11.2 Å². The average Bonchev–Trinajstić information content (AvgIpc) is 2.74. The van der Waals surface area contributed by atoms with E-state index in [2.05, 4.69) is 17.2 Å². The minimum absolute atomic E-state index is 0.0542. The van der Waals surface area contributed by atoms with Gasteiger partial charge in [-0.1, -0.05) is 11.8 Å². The SMILES string of the molecule is Cc1cc(C(=O)NCC(C)S(C)=O)sc1C#CCN. The highest BCUT2D eigenvalue weighted by molar-refractivity contribution is 7.84. The van der Waals surface area contributed by atoms with Gasteiger partial charge in [0.25, 0.3) is 5.91 Å². The van der Waals surface area contributed by atoms with Gasteiger partial charge in [0.2, 0.25) is 0 Å². The summed E-state index contributed by atoms with van der Waals surface area (Å²) in [6.45, 7) is 4.47. The molecule has 2 atom stereocenters. The van der Waals surface area contributed by atoms with Gasteiger partial charge >= 0.3 is 0 Å². The van der Waals surface area contributed by atoms with Gasteiger partial charge in [0, 0.05) is 28.9 Å². The molecule has 0 radical (unpaired) electrons. The summed E-state index contributed by atoms with van der Waals surface area (Å²) < 4.78 is 11.2. The Labute approximate surface area is 120 Å². The number of rotatable bonds is 4. The Morgan fingerprint density at radius 2 is 2.32 bits per heavy atom. The lowest BCUT2D eigenvalue weighted by molar-refractivity contribution is 0.0958. The van der Waals surface area contributed by atoms with E-state index in [4.69, 9.17) is 5.73 Å². The van der Waals surface area contributed by atoms with E-state index in [1.54, 1.807) is 6.26 Å². The Hall–Kier alpha value is -1.16. The van der Waals surface area contributed by atoms with Gasteiger partial charge < -0.3 is 11.1 Å². The monoisotopic (exact) mass is 298 g/mol. The molecule has 0 aromatic carbocycles. The zero-order valence-electron chi connectivity index (χ0n) is 11.3. The van der Waals surface area contributed by atoms with Crippen LogP contribution in [0.1, 0.15) is 27.0 Å². The second-order valence-electron chi connectivity index (χ2n) is 4.15. The molecule has 1 rings (SSSR count). The van der Waals surface area contributed by atoms with Crippen molar-refractivity contribution in [2.24, 2.45) is 5.73 Å². The Bertz CT molecular complexity index is 541. The maximum absolute atomic E-state index is 11.9. The fourth-order valence-corrected chi connectivity index (χ4v) is 2.57. The number of carbonyl (C=O) groups excluding carboxylic acids is 1. The van der Waals surface area contributed by atoms with Gasteiger partial charge in [0.1, 0.15) is 0 Å². The van der Waals surface area contributed by atoms with Crippen LogP contribution in [0.5, 0.6) is 0 Å². The smallest absolute Gasteiger partial charge is 0.261 e. The van der Waals surface area contributed by atoms with Crippen molar-refractivity contribution in [1.29, 1.82) is 0 Å². The van der Waals surface area contributed by atoms with Gasteiger partial charge in [0.05, 0.1) is 16.3 Å². The van der Waals surface area contributed by atoms with Crippen molar-refractivity contribution in [2.75, 3.05) is 19.3 Å². The summed E-state index contributed by atoms with van der Waals surface area (Å²) in [7, 11) is -0.934. The quantitative estimate of drug-likeness (QED) is 0.810. The minimum atomic E-state index is -0.934. The van der Waals surface area contributed by atoms with Crippen LogP contribution in [-0.4, -0.2) is 34.7 Å². The lowest BCUT2D eigenvalue weighted by Crippen LogP contribution is -2.32. The molecule has 2 unspecified atom stereocenters. The third kappa shape index (κ3) is 4.78. The number of nitrogens with two attached hydrogens (primary N) is 1. The van der Waals surface area contributed by atoms with Crippen molar-refractivity contribution in [1.82, 2.24) is 5.32 Å². The van der Waals surface area contributed by atoms with Crippen molar-refractivity contribution in [2.45, 2.75) is 19.1 Å². The van der Waals surface area contributed by atoms with Crippen LogP contribution in [0.15, 0.2) is 6.07 Å². The van der Waals surface area contributed by atoms with Crippen molar-refractivity contribution in [3.63, 3.8) is 0 Å². The van der Waals surface area contributed by atoms with Gasteiger partial charge in [-0.05, 0) is 25.5 Å². The number of nitrogens with one attached hydrogen (secondary N) is 1. The molecule has 0 spiro atoms. The maximum Gasteiger partial charge on any atom is 0.261 e. The van der Waals surface area contributed by atoms with Crippen LogP contribution < -0.4 is 11.1 Å². The number of thiophene rings is 1. The molecular weight excluding hydrogens is 280 g/mol. The normalized spacial score (nSPS) is 13.3. The summed E-state index contributed by atoms with van der Waals surface area (Å²) in [6, 6.07) is 1.81. The van der Waals surface area contributed by atoms with Crippen LogP contribution in [0, 0.1) is 18.8 Å². The topological polar surface area (TPSA) is 72.2 Å². The molecule has 0 saturated carbocycles. The summed E-state index contributed by atoms with van der Waals surface area (Å²) in [4.78, 5) is 13.4. The van der Waals surface area contributed by atoms with E-state index in [0.29, 0.717) is 18.0 Å². The largest absolute Gasteiger partial charge is 0.350 e. The highest BCUT2D eigenvalue weighted by Gasteiger charge is 2.13. The van der Waals surface area contributed by atoms with E-state index in [9.17, 15) is 9.00 Å². The Balaban J connectivity index is 2.70. The van der Waals surface area contributed by atoms with Crippen molar-refractivity contribution < 1.29 is 9.00 Å². The summed E-state index contributed by atoms with van der Waals surface area (Å²) in [5, 5.41) is 2.73. The predicted octanol–water partition coefficient (Wildman–Crippen LogP) is 0.864. The Kier molecular flexibility index (Phi) is 6.22. The minimum Gasteiger partial charge on any atom is -0.350 e. The number of carbonyl (C=O) groups is 1. The first-order chi connectivity index (χ1) is 8.95. The summed E-state index contributed by atoms with van der Waals surface area (Å²) >= 11 is 1.35. The third-order valence-electron chi connectivity index (χ3n) is 2.56. The van der Waals surface area contributed by atoms with Crippen LogP contribution in [0.4, 0.5) is 0 Å². The number of aryl methyl sites for hydroxylation is 1. The zero-order chi connectivity index (χ0) is 14.4. The average molecular weight is 298 g/mol. The molecule has 4 nitrogen and oxygen atoms in total. The van der Waals surface area contributed by atoms with Gasteiger partial charge in [-0.3, -0.25) is 9.00 Å². The fraction of sp³-hybridized carbons (Fsp3) is 0.462. The highest BCUT2D eigenvalue weighted by atomic mass is 32.2. The molecule has 0 aliphatic carbocycles. The van der Waals surface area contributed by atoms with Crippen LogP contribution >= 0.6 is 11.3 Å². The molecule has 19 heavy (non-hydrogen) atoms. The van der Waals surface area contributed by atoms with Crippen molar-refractivity contribution in [3.8, 4) is 11.8 Å². The highest BCUT2D eigenvalue weighted by Crippen LogP contribution is 2.20. The zero-order valence-corrected chi connectivity index (χ0v) is 12.9. The molecule has 1 aromatic heterocycles. The molecular formula is C13H18N2O2S2. The molecule has 0 aliphatic heterocycles. The molecule has 0 fully saturated rings. The molecule has 1 amide bonds. The Morgan fingerprint density at radius 1 is 1.63 bits per heavy atom. The summed E-state index contributed by atoms with van der Waals surface area (Å²) in [6.07, 6.45) is 1.63. The van der Waals surface area contributed by atoms with Crippen LogP contribution in [-0.2, 0) is 10.8 Å². The van der Waals surface area contributed by atoms with Gasteiger partial charge in [-0.15, -0.1) is 11.3 Å². The molecule has 0 bridgehead atoms. The van der Waals surface area contributed by atoms with Crippen molar-refractivity contribution >= 4 is 28.0 Å². The van der Waals surface area contributed by atoms with E-state index in [1.165, 1.54) is 11.3 Å². The van der Waals surface area contributed by atoms with Crippen molar-refractivity contribution in [3.05, 3.63) is 21.4 Å². The maximum atomic E-state index is 11.9. The lowest BCUT2D eigenvalue weighted by Gasteiger charge is -2.08. The van der Waals surface area contributed by atoms with E-state index < -0.39 is 10.8 Å². The first kappa shape index (κ1) is 15.9. The molecule has 0 saturated heterocycles. The van der Waals surface area contributed by atoms with Crippen LogP contribution in [0.3, 0.4) is 0 Å². The lowest BCUT2D eigenvalue weighted by atomic mass is 10.2. The van der Waals surface area contributed by atoms with Gasteiger partial charge in [-0.25, -0.2) is 0 Å². The third-order valence-corrected chi connectivity index (χ3v) is 5.01. The van der Waals surface area contributed by atoms with E-state index in [0.717, 1.165) is 10.4 Å². The first-order valence-electron chi connectivity index (χ1n) is 5.85. The molecule has 0 aliphatic rings. The second kappa shape index (κ2) is 7.43. The number of amides is 1. The van der Waals surface area contributed by atoms with Crippen LogP contribution in [0.25, 0.3) is 0 Å². The van der Waals surface area contributed by atoms with E-state index >= 15 is 0 Å². The molecule has 104 valence electrons. The summed E-state index contributed by atoms with van der Waals surface area (Å²) in [5.41, 5.74) is 6.30. The first-order valence-corrected chi connectivity index (χ1v) is 8.29. The number of hydrogen-bond acceptors (Lipinski definition) is 4. The van der Waals surface area contributed by atoms with Gasteiger partial charge in [0.15, 0.2) is 0 Å². The van der Waals surface area contributed by atoms with Crippen LogP contribution in [0.2, 0.25) is 0 Å². The molecule has 3 N–H and O–H groups in total. The fourth-order valence-electron chi connectivity index (χ4n) is 1.29. The molecule has 1 heterocycles. The second-order valence-corrected chi connectivity index (χ2v) is 7.00. The predicted molar refractivity (Wildman–Crippen MR) is 80.9 cm³/mol. The Morgan fingerprint density at radius 3 is 2.89 bits per heavy atom.